The van der Waals surface area contributed by atoms with Gasteiger partial charge in [0.25, 0.3) is 0 Å². The third kappa shape index (κ3) is 3.15. The van der Waals surface area contributed by atoms with Gasteiger partial charge in [-0.25, -0.2) is 9.82 Å². The number of rotatable bonds is 4. The predicted octanol–water partition coefficient (Wildman–Crippen LogP) is 2.93. The summed E-state index contributed by atoms with van der Waals surface area (Å²) in [6.07, 6.45) is 0.564. The van der Waals surface area contributed by atoms with Gasteiger partial charge in [0.2, 0.25) is 0 Å². The third-order valence-corrected chi connectivity index (χ3v) is 2.89. The summed E-state index contributed by atoms with van der Waals surface area (Å²) in [5.74, 6) is 5.94. The van der Waals surface area contributed by atoms with E-state index in [2.05, 4.69) is 21.4 Å². The van der Waals surface area contributed by atoms with E-state index < -0.39 is 0 Å². The largest absolute Gasteiger partial charge is 0.453 e. The molecule has 0 spiro atoms. The molecule has 0 aliphatic heterocycles. The summed E-state index contributed by atoms with van der Waals surface area (Å²) in [6, 6.07) is 9.88. The Bertz CT molecular complexity index is 501. The zero-order valence-corrected chi connectivity index (χ0v) is 10.6. The number of benzene rings is 1. The number of nitrogens with two attached hydrogens (primary N) is 1. The first kappa shape index (κ1) is 12.3. The highest BCUT2D eigenvalue weighted by Gasteiger charge is 2.14. The minimum absolute atomic E-state index is 0.178. The van der Waals surface area contributed by atoms with Gasteiger partial charge >= 0.3 is 0 Å². The minimum atomic E-state index is -0.251. The number of hydrogen-bond donors (Lipinski definition) is 2. The van der Waals surface area contributed by atoms with Crippen LogP contribution in [0.3, 0.4) is 0 Å². The van der Waals surface area contributed by atoms with Gasteiger partial charge in [-0.3, -0.25) is 5.84 Å². The molecule has 1 heterocycles. The molecule has 17 heavy (non-hydrogen) atoms. The molecule has 3 nitrogen and oxygen atoms in total. The fourth-order valence-corrected chi connectivity index (χ4v) is 1.98. The van der Waals surface area contributed by atoms with E-state index in [4.69, 9.17) is 10.3 Å². The van der Waals surface area contributed by atoms with Crippen molar-refractivity contribution in [2.24, 2.45) is 5.84 Å². The number of hydrogen-bond acceptors (Lipinski definition) is 3. The van der Waals surface area contributed by atoms with Crippen molar-refractivity contribution in [2.45, 2.75) is 12.5 Å². The van der Waals surface area contributed by atoms with Gasteiger partial charge in [-0.15, -0.1) is 0 Å². The van der Waals surface area contributed by atoms with Crippen molar-refractivity contribution in [2.75, 3.05) is 0 Å². The zero-order chi connectivity index (χ0) is 12.3. The lowest BCUT2D eigenvalue weighted by Gasteiger charge is -2.13. The van der Waals surface area contributed by atoms with Gasteiger partial charge in [-0.05, 0) is 52.2 Å². The van der Waals surface area contributed by atoms with Crippen molar-refractivity contribution in [1.82, 2.24) is 5.43 Å². The highest BCUT2D eigenvalue weighted by atomic mass is 79.9. The molecule has 3 N–H and O–H groups in total. The van der Waals surface area contributed by atoms with Crippen molar-refractivity contribution in [1.29, 1.82) is 0 Å². The van der Waals surface area contributed by atoms with Crippen LogP contribution < -0.4 is 11.3 Å². The van der Waals surface area contributed by atoms with E-state index in [1.165, 1.54) is 12.1 Å². The van der Waals surface area contributed by atoms with E-state index in [9.17, 15) is 4.39 Å². The molecule has 0 amide bonds. The van der Waals surface area contributed by atoms with E-state index in [0.29, 0.717) is 16.9 Å². The van der Waals surface area contributed by atoms with Gasteiger partial charge in [-0.1, -0.05) is 12.1 Å². The molecule has 0 aliphatic carbocycles. The van der Waals surface area contributed by atoms with Crippen molar-refractivity contribution >= 4 is 15.9 Å². The molecule has 0 saturated carbocycles. The fourth-order valence-electron chi connectivity index (χ4n) is 1.66. The topological polar surface area (TPSA) is 51.2 Å². The van der Waals surface area contributed by atoms with Gasteiger partial charge in [0.15, 0.2) is 4.67 Å². The van der Waals surface area contributed by atoms with Crippen LogP contribution in [0.2, 0.25) is 0 Å². The lowest BCUT2D eigenvalue weighted by atomic mass is 10.0. The van der Waals surface area contributed by atoms with Crippen LogP contribution in [-0.2, 0) is 6.42 Å². The van der Waals surface area contributed by atoms with Crippen molar-refractivity contribution in [3.63, 3.8) is 0 Å². The quantitative estimate of drug-likeness (QED) is 0.674. The fraction of sp³-hybridized carbons (Fsp3) is 0.167. The van der Waals surface area contributed by atoms with E-state index in [0.717, 1.165) is 5.56 Å². The summed E-state index contributed by atoms with van der Waals surface area (Å²) in [6.45, 7) is 0. The van der Waals surface area contributed by atoms with E-state index >= 15 is 0 Å². The van der Waals surface area contributed by atoms with Crippen LogP contribution in [0.25, 0.3) is 0 Å². The maximum Gasteiger partial charge on any atom is 0.169 e. The molecule has 1 atom stereocenters. The summed E-state index contributed by atoms with van der Waals surface area (Å²) in [7, 11) is 0. The highest BCUT2D eigenvalue weighted by molar-refractivity contribution is 9.10. The third-order valence-electron chi connectivity index (χ3n) is 2.47. The molecule has 1 aromatic carbocycles. The standard InChI is InChI=1S/C12H12BrFN2O/c13-12-5-4-11(17-12)10(16-15)7-8-2-1-3-9(14)6-8/h1-6,10,16H,7,15H2. The first-order valence-corrected chi connectivity index (χ1v) is 5.94. The predicted molar refractivity (Wildman–Crippen MR) is 66.6 cm³/mol. The molecule has 5 heteroatoms. The second-order valence-electron chi connectivity index (χ2n) is 3.70. The molecular formula is C12H12BrFN2O. The molecule has 0 bridgehead atoms. The Labute approximate surface area is 107 Å². The number of hydrazine groups is 1. The molecule has 2 rings (SSSR count). The lowest BCUT2D eigenvalue weighted by molar-refractivity contribution is 0.404. The molecule has 2 aromatic rings. The molecular weight excluding hydrogens is 287 g/mol. The summed E-state index contributed by atoms with van der Waals surface area (Å²) < 4.78 is 19.1. The van der Waals surface area contributed by atoms with E-state index in [1.54, 1.807) is 12.1 Å². The minimum Gasteiger partial charge on any atom is -0.453 e. The molecule has 90 valence electrons. The second kappa shape index (κ2) is 5.44. The van der Waals surface area contributed by atoms with Gasteiger partial charge in [-0.2, -0.15) is 0 Å². The average Bonchev–Trinajstić information content (AvgIpc) is 2.73. The van der Waals surface area contributed by atoms with Crippen LogP contribution in [0.5, 0.6) is 0 Å². The van der Waals surface area contributed by atoms with Gasteiger partial charge in [0, 0.05) is 0 Å². The normalized spacial score (nSPS) is 12.6. The van der Waals surface area contributed by atoms with Crippen LogP contribution in [0.1, 0.15) is 17.4 Å². The Morgan fingerprint density at radius 1 is 1.35 bits per heavy atom. The molecule has 1 aromatic heterocycles. The summed E-state index contributed by atoms with van der Waals surface area (Å²) >= 11 is 3.23. The van der Waals surface area contributed by atoms with Crippen LogP contribution in [0, 0.1) is 5.82 Å². The first-order chi connectivity index (χ1) is 8.19. The summed E-state index contributed by atoms with van der Waals surface area (Å²) in [4.78, 5) is 0. The maximum atomic E-state index is 13.0. The molecule has 1 unspecified atom stereocenters. The smallest absolute Gasteiger partial charge is 0.169 e. The summed E-state index contributed by atoms with van der Waals surface area (Å²) in [5.41, 5.74) is 3.52. The Morgan fingerprint density at radius 2 is 2.18 bits per heavy atom. The highest BCUT2D eigenvalue weighted by Crippen LogP contribution is 2.23. The SMILES string of the molecule is NNC(Cc1cccc(F)c1)c1ccc(Br)o1. The van der Waals surface area contributed by atoms with Gasteiger partial charge < -0.3 is 4.42 Å². The first-order valence-electron chi connectivity index (χ1n) is 5.15. The molecule has 0 saturated heterocycles. The monoisotopic (exact) mass is 298 g/mol. The number of halogens is 2. The van der Waals surface area contributed by atoms with Crippen LogP contribution in [0.15, 0.2) is 45.5 Å². The Morgan fingerprint density at radius 3 is 2.76 bits per heavy atom. The summed E-state index contributed by atoms with van der Waals surface area (Å²) in [5, 5.41) is 0. The average molecular weight is 299 g/mol. The van der Waals surface area contributed by atoms with Crippen LogP contribution in [-0.4, -0.2) is 0 Å². The molecule has 0 aliphatic rings. The Hall–Kier alpha value is -1.17. The Balaban J connectivity index is 2.15. The maximum absolute atomic E-state index is 13.0. The van der Waals surface area contributed by atoms with Crippen molar-refractivity contribution in [3.8, 4) is 0 Å². The van der Waals surface area contributed by atoms with Crippen LogP contribution in [0.4, 0.5) is 4.39 Å². The van der Waals surface area contributed by atoms with Crippen molar-refractivity contribution in [3.05, 3.63) is 58.2 Å². The van der Waals surface area contributed by atoms with Crippen LogP contribution >= 0.6 is 15.9 Å². The van der Waals surface area contributed by atoms with E-state index in [-0.39, 0.29) is 11.9 Å². The lowest BCUT2D eigenvalue weighted by Crippen LogP contribution is -2.29. The van der Waals surface area contributed by atoms with E-state index in [1.807, 2.05) is 12.1 Å². The molecule has 0 radical (unpaired) electrons. The van der Waals surface area contributed by atoms with Gasteiger partial charge in [0.1, 0.15) is 11.6 Å². The Kier molecular flexibility index (Phi) is 3.93. The molecule has 0 fully saturated rings. The number of nitrogens with one attached hydrogen (secondary N) is 1. The van der Waals surface area contributed by atoms with Crippen molar-refractivity contribution < 1.29 is 8.81 Å². The van der Waals surface area contributed by atoms with Gasteiger partial charge in [0.05, 0.1) is 6.04 Å². The zero-order valence-electron chi connectivity index (χ0n) is 8.99. The second-order valence-corrected chi connectivity index (χ2v) is 4.48. The number of furan rings is 1.